The number of aliphatic imine (C=N–C) groups is 2. The summed E-state index contributed by atoms with van der Waals surface area (Å²) in [4.78, 5) is 21.9. The van der Waals surface area contributed by atoms with Crippen molar-refractivity contribution in [2.24, 2.45) is 21.1 Å². The number of halogens is 2. The molecule has 1 fully saturated rings. The first-order valence-electron chi connectivity index (χ1n) is 11.4. The zero-order valence-corrected chi connectivity index (χ0v) is 19.8. The van der Waals surface area contributed by atoms with Crippen LogP contribution in [0.2, 0.25) is 0 Å². The highest BCUT2D eigenvalue weighted by Crippen LogP contribution is 2.62. The lowest BCUT2D eigenvalue weighted by molar-refractivity contribution is -0.247. The first kappa shape index (κ1) is 24.0. The van der Waals surface area contributed by atoms with E-state index in [0.29, 0.717) is 24.7 Å². The summed E-state index contributed by atoms with van der Waals surface area (Å²) in [5.74, 6) is 0.240. The third kappa shape index (κ3) is 3.83. The van der Waals surface area contributed by atoms with Gasteiger partial charge in [-0.1, -0.05) is 12.2 Å². The third-order valence-electron chi connectivity index (χ3n) is 6.98. The second kappa shape index (κ2) is 8.74. The van der Waals surface area contributed by atoms with Crippen molar-refractivity contribution in [2.45, 2.75) is 31.4 Å². The fourth-order valence-corrected chi connectivity index (χ4v) is 4.95. The van der Waals surface area contributed by atoms with Gasteiger partial charge in [-0.2, -0.15) is 0 Å². The molecule has 9 nitrogen and oxygen atoms in total. The highest BCUT2D eigenvalue weighted by Gasteiger charge is 2.71. The Hall–Kier alpha value is -3.73. The number of ether oxygens (including phenoxy) is 4. The molecule has 11 heteroatoms. The number of amidine groups is 1. The first-order chi connectivity index (χ1) is 17.2. The highest BCUT2D eigenvalue weighted by atomic mass is 19.3. The molecule has 4 aliphatic heterocycles. The predicted octanol–water partition coefficient (Wildman–Crippen LogP) is 3.04. The summed E-state index contributed by atoms with van der Waals surface area (Å²) in [5, 5.41) is 2.83. The quantitative estimate of drug-likeness (QED) is 0.642. The summed E-state index contributed by atoms with van der Waals surface area (Å²) in [5.41, 5.74) is 5.32. The number of hydrogen-bond donors (Lipinski definition) is 2. The molecule has 0 saturated carbocycles. The van der Waals surface area contributed by atoms with Crippen LogP contribution in [0.25, 0.3) is 0 Å². The fourth-order valence-electron chi connectivity index (χ4n) is 4.95. The van der Waals surface area contributed by atoms with Crippen LogP contribution in [0.3, 0.4) is 0 Å². The topological polar surface area (TPSA) is 117 Å². The number of rotatable bonds is 5. The van der Waals surface area contributed by atoms with Gasteiger partial charge in [0.2, 0.25) is 0 Å². The number of benzene rings is 1. The van der Waals surface area contributed by atoms with Crippen LogP contribution in [0.5, 0.6) is 5.75 Å². The summed E-state index contributed by atoms with van der Waals surface area (Å²) in [6.07, 6.45) is 4.74. The minimum Gasteiger partial charge on any atom is -0.487 e. The second-order valence-electron chi connectivity index (χ2n) is 9.42. The van der Waals surface area contributed by atoms with Crippen molar-refractivity contribution in [3.8, 4) is 5.75 Å². The molecule has 2 spiro atoms. The number of hydrogen-bond acceptors (Lipinski definition) is 8. The Balaban J connectivity index is 1.42. The molecule has 5 rings (SSSR count). The van der Waals surface area contributed by atoms with Gasteiger partial charge < -0.3 is 30.0 Å². The van der Waals surface area contributed by atoms with Crippen LogP contribution in [-0.2, 0) is 24.5 Å². The Morgan fingerprint density at radius 3 is 2.67 bits per heavy atom. The third-order valence-corrected chi connectivity index (χ3v) is 6.98. The molecule has 3 N–H and O–H groups in total. The summed E-state index contributed by atoms with van der Waals surface area (Å²) in [6.45, 7) is 4.31. The van der Waals surface area contributed by atoms with Crippen LogP contribution in [0.15, 0.2) is 63.9 Å². The average Bonchev–Trinajstić information content (AvgIpc) is 3.14. The van der Waals surface area contributed by atoms with Gasteiger partial charge in [0.1, 0.15) is 41.6 Å². The molecule has 0 aliphatic carbocycles. The van der Waals surface area contributed by atoms with Gasteiger partial charge in [0.25, 0.3) is 18.4 Å². The number of nitrogens with one attached hydrogen (secondary N) is 1. The van der Waals surface area contributed by atoms with Crippen LogP contribution >= 0.6 is 0 Å². The van der Waals surface area contributed by atoms with Crippen molar-refractivity contribution in [1.29, 1.82) is 0 Å². The van der Waals surface area contributed by atoms with E-state index in [2.05, 4.69) is 10.3 Å². The van der Waals surface area contributed by atoms with Gasteiger partial charge in [0.05, 0.1) is 24.8 Å². The van der Waals surface area contributed by atoms with Gasteiger partial charge in [0, 0.05) is 11.3 Å². The van der Waals surface area contributed by atoms with E-state index >= 15 is 0 Å². The molecule has 1 aromatic rings. The molecule has 4 aliphatic rings. The molecule has 0 bridgehead atoms. The van der Waals surface area contributed by atoms with Crippen LogP contribution in [0.4, 0.5) is 14.5 Å². The van der Waals surface area contributed by atoms with Crippen molar-refractivity contribution in [3.63, 3.8) is 0 Å². The minimum absolute atomic E-state index is 0.0673. The minimum atomic E-state index is -2.62. The number of alkyl halides is 2. The summed E-state index contributed by atoms with van der Waals surface area (Å²) >= 11 is 0. The van der Waals surface area contributed by atoms with Gasteiger partial charge in [-0.05, 0) is 44.2 Å². The number of amides is 1. The van der Waals surface area contributed by atoms with E-state index in [0.717, 1.165) is 5.56 Å². The Kier molecular flexibility index (Phi) is 5.82. The molecule has 1 atom stereocenters. The maximum atomic E-state index is 13.0. The van der Waals surface area contributed by atoms with Crippen molar-refractivity contribution < 1.29 is 32.5 Å². The lowest BCUT2D eigenvalue weighted by Crippen LogP contribution is -2.71. The normalized spacial score (nSPS) is 29.6. The van der Waals surface area contributed by atoms with Crippen molar-refractivity contribution in [2.75, 3.05) is 31.7 Å². The van der Waals surface area contributed by atoms with Crippen LogP contribution in [-0.4, -0.2) is 56.6 Å². The molecule has 1 unspecified atom stereocenters. The van der Waals surface area contributed by atoms with Crippen molar-refractivity contribution in [3.05, 3.63) is 59.5 Å². The van der Waals surface area contributed by atoms with Gasteiger partial charge in [-0.3, -0.25) is 4.79 Å². The molecule has 0 radical (unpaired) electrons. The predicted molar refractivity (Wildman–Crippen MR) is 128 cm³/mol. The van der Waals surface area contributed by atoms with E-state index in [4.69, 9.17) is 29.7 Å². The van der Waals surface area contributed by atoms with E-state index < -0.39 is 35.5 Å². The first-order valence-corrected chi connectivity index (χ1v) is 11.4. The summed E-state index contributed by atoms with van der Waals surface area (Å²) in [7, 11) is 0. The Labute approximate surface area is 206 Å². The summed E-state index contributed by atoms with van der Waals surface area (Å²) < 4.78 is 47.6. The molecule has 1 amide bonds. The Bertz CT molecular complexity index is 1230. The monoisotopic (exact) mass is 500 g/mol. The second-order valence-corrected chi connectivity index (χ2v) is 9.42. The van der Waals surface area contributed by atoms with Crippen molar-refractivity contribution >= 4 is 23.8 Å². The Morgan fingerprint density at radius 2 is 2.00 bits per heavy atom. The Morgan fingerprint density at radius 1 is 1.22 bits per heavy atom. The lowest BCUT2D eigenvalue weighted by atomic mass is 9.55. The molecule has 1 saturated heterocycles. The van der Waals surface area contributed by atoms with Crippen molar-refractivity contribution in [1.82, 2.24) is 0 Å². The SMILES string of the molecule is CC1(C)Oc2ccc(NC(=O)C3=C/C=C/C=C(OCC(F)F)/C=N\3)cc2C2(COC(N)=N2)C12COC2. The van der Waals surface area contributed by atoms with E-state index in [9.17, 15) is 13.6 Å². The average molecular weight is 501 g/mol. The van der Waals surface area contributed by atoms with Gasteiger partial charge in [-0.25, -0.2) is 18.8 Å². The van der Waals surface area contributed by atoms with Gasteiger partial charge in [0.15, 0.2) is 0 Å². The van der Waals surface area contributed by atoms with E-state index in [1.165, 1.54) is 18.4 Å². The maximum absolute atomic E-state index is 13.0. The number of allylic oxidation sites excluding steroid dienone is 5. The van der Waals surface area contributed by atoms with Crippen LogP contribution in [0, 0.1) is 5.41 Å². The zero-order valence-electron chi connectivity index (χ0n) is 19.8. The number of anilines is 1. The molecular formula is C25H26F2N4O5. The molecule has 36 heavy (non-hydrogen) atoms. The van der Waals surface area contributed by atoms with E-state index in [-0.39, 0.29) is 24.1 Å². The number of nitrogens with two attached hydrogens (primary N) is 1. The maximum Gasteiger partial charge on any atom is 0.283 e. The summed E-state index contributed by atoms with van der Waals surface area (Å²) in [6, 6.07) is 5.39. The zero-order chi connectivity index (χ0) is 25.6. The number of carbonyl (C=O) groups is 1. The lowest BCUT2D eigenvalue weighted by Gasteiger charge is -2.61. The van der Waals surface area contributed by atoms with E-state index in [1.54, 1.807) is 30.4 Å². The fraction of sp³-hybridized carbons (Fsp3) is 0.400. The standard InChI is InChI=1S/C25H26F2N4O5/c1-23(2)24(12-33-13-24)25(14-35-22(28)31-25)17-9-15(7-8-19(17)36-23)30-21(32)18-6-4-3-5-16(10-29-18)34-11-20(26)27/h3-10,20H,11-14H2,1-2H3,(H2,28,31)(H,30,32)/b4-3+,5-3?,6-4?,16-5-,16-10?,18-6-,29-10-,29-18?. The molecule has 0 aromatic heterocycles. The van der Waals surface area contributed by atoms with Crippen LogP contribution < -0.4 is 15.8 Å². The van der Waals surface area contributed by atoms with E-state index in [1.807, 2.05) is 13.8 Å². The van der Waals surface area contributed by atoms with Gasteiger partial charge in [-0.15, -0.1) is 0 Å². The number of fused-ring (bicyclic) bond motifs is 3. The highest BCUT2D eigenvalue weighted by molar-refractivity contribution is 6.05. The molecular weight excluding hydrogens is 474 g/mol. The largest absolute Gasteiger partial charge is 0.487 e. The number of carbonyl (C=O) groups excluding carboxylic acids is 1. The van der Waals surface area contributed by atoms with Gasteiger partial charge >= 0.3 is 0 Å². The molecule has 4 heterocycles. The molecule has 1 aromatic carbocycles. The smallest absolute Gasteiger partial charge is 0.283 e. The number of nitrogens with zero attached hydrogens (tertiary/aromatic N) is 2. The molecule has 190 valence electrons. The van der Waals surface area contributed by atoms with Crippen LogP contribution in [0.1, 0.15) is 19.4 Å².